The molecule has 1 rings (SSSR count). The third-order valence-electron chi connectivity index (χ3n) is 2.77. The molecule has 0 aliphatic carbocycles. The van der Waals surface area contributed by atoms with Crippen LogP contribution in [0.4, 0.5) is 0 Å². The molecule has 0 bridgehead atoms. The number of carbonyl (C=O) groups is 1. The van der Waals surface area contributed by atoms with Gasteiger partial charge >= 0.3 is 0 Å². The summed E-state index contributed by atoms with van der Waals surface area (Å²) in [5, 5.41) is 0. The summed E-state index contributed by atoms with van der Waals surface area (Å²) in [6.07, 6.45) is 1.73. The quantitative estimate of drug-likeness (QED) is 0.783. The van der Waals surface area contributed by atoms with Crippen LogP contribution in [0.2, 0.25) is 0 Å². The molecule has 0 aliphatic heterocycles. The SMILES string of the molecule is CCN(Cc1ccccn1)C(=O)C(C)(C)OC. The van der Waals surface area contributed by atoms with E-state index < -0.39 is 5.60 Å². The molecule has 0 spiro atoms. The summed E-state index contributed by atoms with van der Waals surface area (Å²) in [4.78, 5) is 18.2. The van der Waals surface area contributed by atoms with Crippen LogP contribution in [0.1, 0.15) is 26.5 Å². The van der Waals surface area contributed by atoms with Gasteiger partial charge in [0, 0.05) is 19.9 Å². The van der Waals surface area contributed by atoms with E-state index in [0.29, 0.717) is 13.1 Å². The lowest BCUT2D eigenvalue weighted by atomic mass is 10.1. The maximum Gasteiger partial charge on any atom is 0.254 e. The van der Waals surface area contributed by atoms with Crippen molar-refractivity contribution in [1.82, 2.24) is 9.88 Å². The van der Waals surface area contributed by atoms with Gasteiger partial charge in [0.25, 0.3) is 5.91 Å². The molecule has 1 heterocycles. The van der Waals surface area contributed by atoms with Crippen LogP contribution >= 0.6 is 0 Å². The number of hydrogen-bond donors (Lipinski definition) is 0. The summed E-state index contributed by atoms with van der Waals surface area (Å²) >= 11 is 0. The van der Waals surface area contributed by atoms with Gasteiger partial charge in [-0.05, 0) is 32.9 Å². The van der Waals surface area contributed by atoms with Crippen LogP contribution in [0, 0.1) is 0 Å². The molecule has 17 heavy (non-hydrogen) atoms. The number of methoxy groups -OCH3 is 1. The van der Waals surface area contributed by atoms with E-state index in [0.717, 1.165) is 5.69 Å². The molecule has 0 radical (unpaired) electrons. The molecule has 4 heteroatoms. The molecule has 0 unspecified atom stereocenters. The summed E-state index contributed by atoms with van der Waals surface area (Å²) in [5.74, 6) is -0.0202. The minimum atomic E-state index is -0.787. The first-order valence-corrected chi connectivity index (χ1v) is 5.75. The molecule has 1 amide bonds. The Bertz CT molecular complexity index is 363. The van der Waals surface area contributed by atoms with Gasteiger partial charge in [-0.15, -0.1) is 0 Å². The molecule has 0 saturated carbocycles. The smallest absolute Gasteiger partial charge is 0.254 e. The number of carbonyl (C=O) groups excluding carboxylic acids is 1. The highest BCUT2D eigenvalue weighted by Gasteiger charge is 2.31. The highest BCUT2D eigenvalue weighted by Crippen LogP contribution is 2.14. The zero-order valence-electron chi connectivity index (χ0n) is 10.9. The molecule has 4 nitrogen and oxygen atoms in total. The van der Waals surface area contributed by atoms with E-state index in [1.165, 1.54) is 0 Å². The number of pyridine rings is 1. The van der Waals surface area contributed by atoms with E-state index in [-0.39, 0.29) is 5.91 Å². The number of rotatable bonds is 5. The Labute approximate surface area is 103 Å². The third kappa shape index (κ3) is 3.53. The maximum absolute atomic E-state index is 12.2. The van der Waals surface area contributed by atoms with Crippen LogP contribution in [0.25, 0.3) is 0 Å². The Hall–Kier alpha value is -1.42. The molecular weight excluding hydrogens is 216 g/mol. The van der Waals surface area contributed by atoms with Crippen LogP contribution < -0.4 is 0 Å². The van der Waals surface area contributed by atoms with Crippen molar-refractivity contribution in [3.05, 3.63) is 30.1 Å². The standard InChI is InChI=1S/C13H20N2O2/c1-5-15(12(16)13(2,3)17-4)10-11-8-6-7-9-14-11/h6-9H,5,10H2,1-4H3. The zero-order chi connectivity index (χ0) is 12.9. The Morgan fingerprint density at radius 2 is 2.18 bits per heavy atom. The number of likely N-dealkylation sites (N-methyl/N-ethyl adjacent to an activating group) is 1. The van der Waals surface area contributed by atoms with Crippen LogP contribution in [-0.4, -0.2) is 35.0 Å². The van der Waals surface area contributed by atoms with Gasteiger partial charge in [-0.25, -0.2) is 0 Å². The van der Waals surface area contributed by atoms with Gasteiger partial charge in [0.15, 0.2) is 0 Å². The molecule has 94 valence electrons. The van der Waals surface area contributed by atoms with Crippen molar-refractivity contribution >= 4 is 5.91 Å². The fourth-order valence-corrected chi connectivity index (χ4v) is 1.48. The molecule has 0 aliphatic rings. The molecule has 0 aromatic carbocycles. The summed E-state index contributed by atoms with van der Waals surface area (Å²) in [5.41, 5.74) is 0.0970. The minimum Gasteiger partial charge on any atom is -0.369 e. The van der Waals surface area contributed by atoms with E-state index in [9.17, 15) is 4.79 Å². The maximum atomic E-state index is 12.2. The van der Waals surface area contributed by atoms with E-state index in [4.69, 9.17) is 4.74 Å². The molecule has 0 N–H and O–H groups in total. The topological polar surface area (TPSA) is 42.4 Å². The van der Waals surface area contributed by atoms with E-state index in [1.807, 2.05) is 25.1 Å². The monoisotopic (exact) mass is 236 g/mol. The molecule has 1 aromatic heterocycles. The van der Waals surface area contributed by atoms with Crippen molar-refractivity contribution in [3.63, 3.8) is 0 Å². The Balaban J connectivity index is 2.76. The Kier molecular flexibility index (Phi) is 4.63. The average Bonchev–Trinajstić information content (AvgIpc) is 2.36. The van der Waals surface area contributed by atoms with Crippen molar-refractivity contribution < 1.29 is 9.53 Å². The average molecular weight is 236 g/mol. The van der Waals surface area contributed by atoms with E-state index >= 15 is 0 Å². The molecule has 0 atom stereocenters. The molecule has 0 saturated heterocycles. The van der Waals surface area contributed by atoms with Gasteiger partial charge in [0.1, 0.15) is 5.60 Å². The molecular formula is C13H20N2O2. The second kappa shape index (κ2) is 5.77. The number of ether oxygens (including phenoxy) is 1. The number of nitrogens with zero attached hydrogens (tertiary/aromatic N) is 2. The van der Waals surface area contributed by atoms with Crippen molar-refractivity contribution in [1.29, 1.82) is 0 Å². The highest BCUT2D eigenvalue weighted by molar-refractivity contribution is 5.84. The largest absolute Gasteiger partial charge is 0.369 e. The minimum absolute atomic E-state index is 0.0202. The van der Waals surface area contributed by atoms with Gasteiger partial charge in [-0.1, -0.05) is 6.07 Å². The lowest BCUT2D eigenvalue weighted by Gasteiger charge is -2.29. The van der Waals surface area contributed by atoms with Crippen molar-refractivity contribution in [2.45, 2.75) is 32.9 Å². The lowest BCUT2D eigenvalue weighted by molar-refractivity contribution is -0.151. The van der Waals surface area contributed by atoms with Gasteiger partial charge in [-0.3, -0.25) is 9.78 Å². The summed E-state index contributed by atoms with van der Waals surface area (Å²) in [7, 11) is 1.55. The summed E-state index contributed by atoms with van der Waals surface area (Å²) < 4.78 is 5.21. The summed E-state index contributed by atoms with van der Waals surface area (Å²) in [6.45, 7) is 6.66. The van der Waals surface area contributed by atoms with Crippen LogP contribution in [-0.2, 0) is 16.1 Å². The zero-order valence-corrected chi connectivity index (χ0v) is 10.9. The lowest BCUT2D eigenvalue weighted by Crippen LogP contribution is -2.46. The number of hydrogen-bond acceptors (Lipinski definition) is 3. The van der Waals surface area contributed by atoms with Crippen molar-refractivity contribution in [3.8, 4) is 0 Å². The first-order chi connectivity index (χ1) is 8.01. The van der Waals surface area contributed by atoms with E-state index in [2.05, 4.69) is 4.98 Å². The number of amides is 1. The first-order valence-electron chi connectivity index (χ1n) is 5.75. The van der Waals surface area contributed by atoms with Crippen LogP contribution in [0.15, 0.2) is 24.4 Å². The fourth-order valence-electron chi connectivity index (χ4n) is 1.48. The highest BCUT2D eigenvalue weighted by atomic mass is 16.5. The van der Waals surface area contributed by atoms with E-state index in [1.54, 1.807) is 32.1 Å². The second-order valence-corrected chi connectivity index (χ2v) is 4.35. The summed E-state index contributed by atoms with van der Waals surface area (Å²) in [6, 6.07) is 5.69. The van der Waals surface area contributed by atoms with Gasteiger partial charge in [0.05, 0.1) is 12.2 Å². The van der Waals surface area contributed by atoms with Crippen molar-refractivity contribution in [2.24, 2.45) is 0 Å². The van der Waals surface area contributed by atoms with Gasteiger partial charge in [-0.2, -0.15) is 0 Å². The van der Waals surface area contributed by atoms with Crippen LogP contribution in [0.5, 0.6) is 0 Å². The molecule has 1 aromatic rings. The second-order valence-electron chi connectivity index (χ2n) is 4.35. The Morgan fingerprint density at radius 3 is 2.65 bits per heavy atom. The Morgan fingerprint density at radius 1 is 1.47 bits per heavy atom. The molecule has 0 fully saturated rings. The fraction of sp³-hybridized carbons (Fsp3) is 0.538. The van der Waals surface area contributed by atoms with Crippen molar-refractivity contribution in [2.75, 3.05) is 13.7 Å². The first kappa shape index (κ1) is 13.6. The van der Waals surface area contributed by atoms with Gasteiger partial charge in [0.2, 0.25) is 0 Å². The predicted molar refractivity (Wildman–Crippen MR) is 66.4 cm³/mol. The number of aromatic nitrogens is 1. The predicted octanol–water partition coefficient (Wildman–Crippen LogP) is 1.86. The van der Waals surface area contributed by atoms with Crippen LogP contribution in [0.3, 0.4) is 0 Å². The normalized spacial score (nSPS) is 11.3. The van der Waals surface area contributed by atoms with Gasteiger partial charge < -0.3 is 9.64 Å². The third-order valence-corrected chi connectivity index (χ3v) is 2.77.